The first-order valence-corrected chi connectivity index (χ1v) is 43.0. The van der Waals surface area contributed by atoms with Gasteiger partial charge in [-0.05, 0) is 168 Å². The largest absolute Gasteiger partial charge is 0.496 e. The Morgan fingerprint density at radius 3 is 0.912 bits per heavy atom. The van der Waals surface area contributed by atoms with Gasteiger partial charge >= 0.3 is 22.8 Å². The van der Waals surface area contributed by atoms with Crippen LogP contribution in [-0.4, -0.2) is 123 Å². The summed E-state index contributed by atoms with van der Waals surface area (Å²) in [7, 11) is 1.57. The average Bonchev–Trinajstić information content (AvgIpc) is 1.62. The third-order valence-corrected chi connectivity index (χ3v) is 25.9. The van der Waals surface area contributed by atoms with Gasteiger partial charge in [-0.1, -0.05) is 58.0 Å². The van der Waals surface area contributed by atoms with Gasteiger partial charge in [-0.25, -0.2) is 19.2 Å². The van der Waals surface area contributed by atoms with Crippen LogP contribution in [0.15, 0.2) is 147 Å². The maximum Gasteiger partial charge on any atom is 0.330 e. The van der Waals surface area contributed by atoms with Crippen molar-refractivity contribution in [3.8, 4) is 5.75 Å². The van der Waals surface area contributed by atoms with Crippen LogP contribution in [-0.2, 0) is 78.5 Å². The van der Waals surface area contributed by atoms with Gasteiger partial charge < -0.3 is 45.9 Å². The number of anilines is 4. The molecular weight excluding hydrogens is 1890 g/mol. The van der Waals surface area contributed by atoms with E-state index in [0.717, 1.165) is 92.9 Å². The van der Waals surface area contributed by atoms with Gasteiger partial charge in [-0.15, -0.1) is 0 Å². The number of imidazole rings is 4. The third-order valence-electron chi connectivity index (χ3n) is 21.4. The van der Waals surface area contributed by atoms with E-state index in [4.69, 9.17) is 85.7 Å². The molecule has 16 heterocycles. The van der Waals surface area contributed by atoms with Crippen molar-refractivity contribution in [3.63, 3.8) is 0 Å². The van der Waals surface area contributed by atoms with Crippen LogP contribution in [0.25, 0.3) is 44.7 Å². The number of aromatic nitrogens is 24. The number of methoxy groups -OCH3 is 1. The molecule has 0 radical (unpaired) electrons. The summed E-state index contributed by atoms with van der Waals surface area (Å²) in [5.74, 6) is 0.542. The first-order valence-electron chi connectivity index (χ1n) is 39.2. The lowest BCUT2D eigenvalue weighted by molar-refractivity contribution is -0.910. The van der Waals surface area contributed by atoms with Crippen molar-refractivity contribution in [2.45, 2.75) is 160 Å². The van der Waals surface area contributed by atoms with Crippen LogP contribution < -0.4 is 69.4 Å². The lowest BCUT2D eigenvalue weighted by Crippen LogP contribution is -2.39. The van der Waals surface area contributed by atoms with Crippen molar-refractivity contribution in [3.05, 3.63) is 266 Å². The average molecular weight is 1980 g/mol. The minimum Gasteiger partial charge on any atom is -0.496 e. The molecule has 0 saturated heterocycles. The molecule has 0 aromatic carbocycles. The first kappa shape index (κ1) is 90.7. The van der Waals surface area contributed by atoms with Crippen LogP contribution in [0.2, 0.25) is 25.6 Å². The molecule has 16 aromatic heterocycles. The van der Waals surface area contributed by atoms with Crippen molar-refractivity contribution < 1.29 is 44.5 Å². The monoisotopic (exact) mass is 1980 g/mol. The van der Waals surface area contributed by atoms with Crippen molar-refractivity contribution in [1.82, 2.24) is 94.7 Å². The molecule has 16 aromatic rings. The molecule has 0 aliphatic rings. The summed E-state index contributed by atoms with van der Waals surface area (Å²) in [5, 5.41) is 42.9. The van der Waals surface area contributed by atoms with Gasteiger partial charge in [0.2, 0.25) is 48.6 Å². The van der Waals surface area contributed by atoms with Crippen molar-refractivity contribution in [2.75, 3.05) is 30.0 Å². The van der Waals surface area contributed by atoms with Crippen LogP contribution in [0.1, 0.15) is 93.0 Å². The Kier molecular flexibility index (Phi) is 28.0. The smallest absolute Gasteiger partial charge is 0.330 e. The Morgan fingerprint density at radius 2 is 0.616 bits per heavy atom. The molecule has 0 aliphatic heterocycles. The zero-order valence-electron chi connectivity index (χ0n) is 69.4. The van der Waals surface area contributed by atoms with E-state index in [2.05, 4.69) is 78.4 Å². The quantitative estimate of drug-likeness (QED) is 0.0114. The van der Waals surface area contributed by atoms with E-state index in [0.29, 0.717) is 135 Å². The number of hydrogen-bond acceptors (Lipinski definition) is 21. The van der Waals surface area contributed by atoms with Crippen molar-refractivity contribution >= 4 is 165 Å². The molecule has 0 atom stereocenters. The molecule has 0 spiro atoms. The highest BCUT2D eigenvalue weighted by Crippen LogP contribution is 2.31. The van der Waals surface area contributed by atoms with E-state index in [9.17, 15) is 40.0 Å². The second-order valence-electron chi connectivity index (χ2n) is 29.7. The van der Waals surface area contributed by atoms with Gasteiger partial charge in [0.05, 0.1) is 23.3 Å². The Hall–Kier alpha value is -12.0. The first-order chi connectivity index (χ1) is 59.6. The SMILES string of the molecule is COc1c(C)c[n+](O)c(Cn2c(=O)n(CCCn3cccc3)c3c(Cl)nc(N)nc32)c1C.Cc1c[n+](O)c(Cn2c(=O)n(CCCn3cccc3)c3c(Cl)nc(N)nc32)c(C)c1Br.Cc1c[n+](O)c(Cn2c(=O)n(CCCn3cccc3)c3c(Cl)nc(N)nc32)c(C)c1Cl.Cc1c[n+](O)c(Cn2c(=O)n(CCCn3cccc3)c3c(Cl)nc(N)nc32)c(C)c1I. The van der Waals surface area contributed by atoms with E-state index in [1.807, 2.05) is 158 Å². The fourth-order valence-electron chi connectivity index (χ4n) is 15.2. The predicted octanol–water partition coefficient (Wildman–Crippen LogP) is 9.67. The third kappa shape index (κ3) is 19.1. The number of fused-ring (bicyclic) bond motifs is 4. The molecule has 12 N–H and O–H groups in total. The Morgan fingerprint density at radius 1 is 0.360 bits per heavy atom. The molecule has 125 heavy (non-hydrogen) atoms. The van der Waals surface area contributed by atoms with Crippen LogP contribution in [0.4, 0.5) is 23.8 Å². The molecule has 16 rings (SSSR count). The molecular formula is C81H91BrCl5IN28O9+4. The number of rotatable bonds is 25. The Labute approximate surface area is 759 Å². The number of halogens is 7. The zero-order valence-corrected chi connectivity index (χ0v) is 76.9. The van der Waals surface area contributed by atoms with Gasteiger partial charge in [-0.3, -0.25) is 57.4 Å². The molecule has 0 unspecified atom stereocenters. The van der Waals surface area contributed by atoms with Crippen LogP contribution in [0.3, 0.4) is 0 Å². The van der Waals surface area contributed by atoms with Crippen molar-refractivity contribution in [1.29, 1.82) is 0 Å². The summed E-state index contributed by atoms with van der Waals surface area (Å²) in [4.78, 5) is 86.8. The number of hydrogen-bond donors (Lipinski definition) is 8. The molecule has 0 bridgehead atoms. The van der Waals surface area contributed by atoms with Gasteiger partial charge in [0, 0.05) is 162 Å². The highest BCUT2D eigenvalue weighted by molar-refractivity contribution is 14.1. The highest BCUT2D eigenvalue weighted by Gasteiger charge is 2.32. The Balaban J connectivity index is 0.000000143. The highest BCUT2D eigenvalue weighted by atomic mass is 127. The number of nitrogen functional groups attached to an aromatic ring is 4. The molecule has 0 aliphatic carbocycles. The number of ether oxygens (including phenoxy) is 1. The van der Waals surface area contributed by atoms with Crippen molar-refractivity contribution in [2.24, 2.45) is 0 Å². The summed E-state index contributed by atoms with van der Waals surface area (Å²) in [6.07, 6.45) is 24.9. The summed E-state index contributed by atoms with van der Waals surface area (Å²) in [6.45, 7) is 19.8. The van der Waals surface area contributed by atoms with E-state index >= 15 is 0 Å². The predicted molar refractivity (Wildman–Crippen MR) is 483 cm³/mol. The fourth-order valence-corrected chi connectivity index (χ4v) is 17.2. The van der Waals surface area contributed by atoms with E-state index in [1.165, 1.54) is 24.5 Å². The fraction of sp³-hybridized carbons (Fsp3) is 0.309. The topological polar surface area (TPSA) is 440 Å². The minimum absolute atomic E-state index is 0.0113. The summed E-state index contributed by atoms with van der Waals surface area (Å²) in [5.41, 5.74) is 33.5. The van der Waals surface area contributed by atoms with Gasteiger partial charge in [0.25, 0.3) is 22.8 Å². The van der Waals surface area contributed by atoms with E-state index in [-0.39, 0.29) is 93.3 Å². The van der Waals surface area contributed by atoms with Crippen LogP contribution in [0.5, 0.6) is 5.75 Å². The van der Waals surface area contributed by atoms with E-state index in [1.54, 1.807) is 57.8 Å². The maximum atomic E-state index is 13.4. The standard InChI is InChI=1S/C21H25ClN7O3.C20H22BrClN7O2.C20H22Cl2N7O2.C20H22ClIN7O2/c1-13-11-29(31)15(14(2)17(13)32-3)12-28-19-16(18(22)24-20(23)25-19)27(21(28)30)10-6-9-26-7-4-5-8-26;2*1-12-10-29(31)14(13(2)15(12)21)11-28-18-16(17(22)24-19(23)25-18)27(20(28)30)9-5-8-26-6-3-4-7-26;1-12-10-29(31)14(13(2)15(12)22)11-28-18-16(17(21)24-19(23)25-18)27(20(28)30)9-5-8-26-6-3-4-7-26/h4-5,7-8,11,31H,6,9-10,12H2,1-3H3,(H2,23,24,25);3*3-4,6-7,10,31H,5,8-9,11H2,1-2H3,(H2,23,24,25)/q4*+1. The zero-order chi connectivity index (χ0) is 89.8. The van der Waals surface area contributed by atoms with Gasteiger partial charge in [0.15, 0.2) is 43.2 Å². The molecule has 0 amide bonds. The second-order valence-corrected chi connectivity index (χ2v) is 33.4. The second kappa shape index (κ2) is 38.6. The lowest BCUT2D eigenvalue weighted by Gasteiger charge is -2.09. The molecule has 0 saturated carbocycles. The lowest BCUT2D eigenvalue weighted by atomic mass is 10.1. The number of pyridine rings is 4. The number of aryl methyl sites for hydroxylation is 12. The maximum absolute atomic E-state index is 13.4. The Bertz CT molecular complexity index is 6490. The summed E-state index contributed by atoms with van der Waals surface area (Å²) >= 11 is 37.6. The summed E-state index contributed by atoms with van der Waals surface area (Å²) < 4.78 is 31.7. The molecule has 0 fully saturated rings. The van der Waals surface area contributed by atoms with Crippen LogP contribution >= 0.6 is 96.5 Å². The minimum atomic E-state index is -0.319. The molecule has 37 nitrogen and oxygen atoms in total. The van der Waals surface area contributed by atoms with Gasteiger partial charge in [-0.2, -0.15) is 39.9 Å². The van der Waals surface area contributed by atoms with Gasteiger partial charge in [0.1, 0.15) is 54.0 Å². The van der Waals surface area contributed by atoms with Crippen LogP contribution in [0, 0.1) is 59.0 Å². The number of nitrogens with two attached hydrogens (primary N) is 4. The number of nitrogens with zero attached hydrogens (tertiary/aromatic N) is 24. The normalized spacial score (nSPS) is 11.5. The summed E-state index contributed by atoms with van der Waals surface area (Å²) in [6, 6.07) is 15.6. The molecule has 44 heteroatoms. The van der Waals surface area contributed by atoms with E-state index < -0.39 is 0 Å². The molecule has 654 valence electrons.